The van der Waals surface area contributed by atoms with E-state index in [4.69, 9.17) is 4.74 Å². The Labute approximate surface area is 179 Å². The van der Waals surface area contributed by atoms with Gasteiger partial charge in [0.1, 0.15) is 17.1 Å². The maximum atomic E-state index is 11.5. The molecule has 0 heterocycles. The van der Waals surface area contributed by atoms with Crippen molar-refractivity contribution in [3.63, 3.8) is 0 Å². The zero-order valence-electron chi connectivity index (χ0n) is 19.0. The van der Waals surface area contributed by atoms with Crippen molar-refractivity contribution in [3.05, 3.63) is 29.3 Å². The molecule has 1 aromatic rings. The average Bonchev–Trinajstić information content (AvgIpc) is 2.67. The Balaban J connectivity index is 2.89. The second-order valence-corrected chi connectivity index (χ2v) is 10.0. The highest BCUT2D eigenvalue weighted by Gasteiger charge is 2.26. The predicted octanol–water partition coefficient (Wildman–Crippen LogP) is 6.76. The third kappa shape index (κ3) is 9.99. The van der Waals surface area contributed by atoms with Gasteiger partial charge in [0.2, 0.25) is 0 Å². The van der Waals surface area contributed by atoms with Gasteiger partial charge in [-0.25, -0.2) is 0 Å². The maximum absolute atomic E-state index is 11.5. The summed E-state index contributed by atoms with van der Waals surface area (Å²) in [5, 5.41) is -0.961. The Morgan fingerprint density at radius 2 is 1.41 bits per heavy atom. The molecule has 0 aliphatic rings. The number of unbranched alkanes of at least 4 members (excludes halogenated alkanes) is 8. The van der Waals surface area contributed by atoms with Crippen molar-refractivity contribution in [2.24, 2.45) is 0 Å². The minimum atomic E-state index is -4.12. The molecule has 0 fully saturated rings. The molecule has 1 rings (SSSR count). The van der Waals surface area contributed by atoms with E-state index in [-0.39, 0.29) is 0 Å². The fraction of sp³-hybridized carbons (Fsp3) is 0.750. The van der Waals surface area contributed by atoms with Crippen LogP contribution in [-0.2, 0) is 23.0 Å². The summed E-state index contributed by atoms with van der Waals surface area (Å²) >= 11 is 0. The second-order valence-electron chi connectivity index (χ2n) is 8.27. The van der Waals surface area contributed by atoms with Gasteiger partial charge < -0.3 is 4.74 Å². The predicted molar refractivity (Wildman–Crippen MR) is 122 cm³/mol. The average molecular weight is 427 g/mol. The highest BCUT2D eigenvalue weighted by atomic mass is 32.2. The van der Waals surface area contributed by atoms with Crippen LogP contribution in [0, 0.1) is 0 Å². The summed E-state index contributed by atoms with van der Waals surface area (Å²) in [5.41, 5.74) is 2.54. The first kappa shape index (κ1) is 26.0. The minimum Gasteiger partial charge on any atom is -0.489 e. The van der Waals surface area contributed by atoms with Crippen LogP contribution in [0.1, 0.15) is 103 Å². The molecule has 2 atom stereocenters. The van der Waals surface area contributed by atoms with E-state index in [1.807, 2.05) is 12.1 Å². The largest absolute Gasteiger partial charge is 0.489 e. The molecule has 1 N–H and O–H groups in total. The Bertz CT molecular complexity index is 669. The Morgan fingerprint density at radius 3 is 1.97 bits per heavy atom. The molecule has 5 heteroatoms. The smallest absolute Gasteiger partial charge is 0.271 e. The molecular weight excluding hydrogens is 384 g/mol. The summed E-state index contributed by atoms with van der Waals surface area (Å²) in [6.07, 6.45) is 13.7. The van der Waals surface area contributed by atoms with Crippen molar-refractivity contribution in [1.29, 1.82) is 0 Å². The normalized spacial score (nSPS) is 14.0. The lowest BCUT2D eigenvalue weighted by Crippen LogP contribution is -2.33. The molecule has 0 bridgehead atoms. The summed E-state index contributed by atoms with van der Waals surface area (Å²) < 4.78 is 38.4. The van der Waals surface area contributed by atoms with Gasteiger partial charge in [0.05, 0.1) is 0 Å². The van der Waals surface area contributed by atoms with E-state index in [1.165, 1.54) is 75.8 Å². The summed E-state index contributed by atoms with van der Waals surface area (Å²) in [6.45, 7) is 7.65. The fourth-order valence-corrected chi connectivity index (χ4v) is 4.14. The molecule has 0 spiro atoms. The highest BCUT2D eigenvalue weighted by molar-refractivity contribution is 7.86. The third-order valence-corrected chi connectivity index (χ3v) is 7.08. The molecule has 0 saturated carbocycles. The van der Waals surface area contributed by atoms with Crippen LogP contribution in [0.5, 0.6) is 5.75 Å². The Kier molecular flexibility index (Phi) is 12.6. The molecule has 0 aromatic heterocycles. The number of hydrogen-bond donors (Lipinski definition) is 1. The molecular formula is C24H42O4S. The summed E-state index contributed by atoms with van der Waals surface area (Å²) in [6, 6.07) is 6.13. The molecule has 168 valence electrons. The van der Waals surface area contributed by atoms with E-state index in [1.54, 1.807) is 6.92 Å². The number of aryl methyl sites for hydroxylation is 1. The first-order chi connectivity index (χ1) is 13.8. The van der Waals surface area contributed by atoms with Crippen molar-refractivity contribution in [2.75, 3.05) is 0 Å². The van der Waals surface area contributed by atoms with Crippen molar-refractivity contribution >= 4 is 10.1 Å². The van der Waals surface area contributed by atoms with Crippen LogP contribution >= 0.6 is 0 Å². The minimum absolute atomic E-state index is 0.608. The molecule has 0 radical (unpaired) electrons. The molecule has 0 aliphatic carbocycles. The molecule has 0 amide bonds. The molecule has 2 unspecified atom stereocenters. The zero-order chi connectivity index (χ0) is 21.7. The SMILES string of the molecule is CCCCCCCc1cccc(OC(C)C(C)S(=O)(=O)O)c1CCCCCCC. The van der Waals surface area contributed by atoms with E-state index in [0.29, 0.717) is 0 Å². The van der Waals surface area contributed by atoms with Gasteiger partial charge in [0.15, 0.2) is 0 Å². The van der Waals surface area contributed by atoms with Gasteiger partial charge in [-0.3, -0.25) is 4.55 Å². The first-order valence-corrected chi connectivity index (χ1v) is 13.0. The van der Waals surface area contributed by atoms with Crippen LogP contribution in [0.15, 0.2) is 18.2 Å². The number of rotatable bonds is 16. The van der Waals surface area contributed by atoms with Crippen LogP contribution in [0.4, 0.5) is 0 Å². The molecule has 1 aromatic carbocycles. The molecule has 29 heavy (non-hydrogen) atoms. The standard InChI is InChI=1S/C24H42O4S/c1-5-7-9-11-13-16-22-17-15-19-24(23(22)18-14-12-10-8-6-2)28-20(3)21(4)29(25,26)27/h15,17,19-21H,5-14,16,18H2,1-4H3,(H,25,26,27). The molecule has 4 nitrogen and oxygen atoms in total. The maximum Gasteiger partial charge on any atom is 0.271 e. The van der Waals surface area contributed by atoms with Gasteiger partial charge in [-0.15, -0.1) is 0 Å². The number of ether oxygens (including phenoxy) is 1. The molecule has 0 saturated heterocycles. The number of hydrogen-bond acceptors (Lipinski definition) is 3. The van der Waals surface area contributed by atoms with Gasteiger partial charge in [-0.05, 0) is 56.7 Å². The van der Waals surface area contributed by atoms with Crippen molar-refractivity contribution in [1.82, 2.24) is 0 Å². The summed E-state index contributed by atoms with van der Waals surface area (Å²) in [7, 11) is -4.12. The molecule has 0 aliphatic heterocycles. The van der Waals surface area contributed by atoms with Crippen LogP contribution in [0.3, 0.4) is 0 Å². The number of benzene rings is 1. The van der Waals surface area contributed by atoms with Gasteiger partial charge in [0.25, 0.3) is 10.1 Å². The van der Waals surface area contributed by atoms with Crippen LogP contribution in [0.25, 0.3) is 0 Å². The van der Waals surface area contributed by atoms with Crippen LogP contribution in [0.2, 0.25) is 0 Å². The van der Waals surface area contributed by atoms with Gasteiger partial charge in [-0.1, -0.05) is 77.3 Å². The third-order valence-electron chi connectivity index (χ3n) is 5.75. The van der Waals surface area contributed by atoms with Gasteiger partial charge in [0, 0.05) is 0 Å². The van der Waals surface area contributed by atoms with E-state index >= 15 is 0 Å². The van der Waals surface area contributed by atoms with Crippen LogP contribution < -0.4 is 4.74 Å². The van der Waals surface area contributed by atoms with Crippen molar-refractivity contribution in [2.45, 2.75) is 116 Å². The van der Waals surface area contributed by atoms with E-state index < -0.39 is 21.5 Å². The highest BCUT2D eigenvalue weighted by Crippen LogP contribution is 2.28. The Morgan fingerprint density at radius 1 is 0.862 bits per heavy atom. The Hall–Kier alpha value is -1.07. The van der Waals surface area contributed by atoms with E-state index in [9.17, 15) is 13.0 Å². The van der Waals surface area contributed by atoms with Gasteiger partial charge in [-0.2, -0.15) is 8.42 Å². The zero-order valence-corrected chi connectivity index (χ0v) is 19.8. The lowest BCUT2D eigenvalue weighted by Gasteiger charge is -2.22. The monoisotopic (exact) mass is 426 g/mol. The van der Waals surface area contributed by atoms with E-state index in [0.717, 1.165) is 25.0 Å². The van der Waals surface area contributed by atoms with Gasteiger partial charge >= 0.3 is 0 Å². The quantitative estimate of drug-likeness (QED) is 0.234. The lowest BCUT2D eigenvalue weighted by atomic mass is 9.95. The fourth-order valence-electron chi connectivity index (χ4n) is 3.60. The lowest BCUT2D eigenvalue weighted by molar-refractivity contribution is 0.212. The first-order valence-electron chi connectivity index (χ1n) is 11.5. The van der Waals surface area contributed by atoms with Crippen LogP contribution in [-0.4, -0.2) is 24.3 Å². The topological polar surface area (TPSA) is 63.6 Å². The van der Waals surface area contributed by atoms with Crippen molar-refractivity contribution < 1.29 is 17.7 Å². The summed E-state index contributed by atoms with van der Waals surface area (Å²) in [4.78, 5) is 0. The van der Waals surface area contributed by atoms with E-state index in [2.05, 4.69) is 19.9 Å². The van der Waals surface area contributed by atoms with Crippen molar-refractivity contribution in [3.8, 4) is 5.75 Å². The summed E-state index contributed by atoms with van der Waals surface area (Å²) in [5.74, 6) is 0.773. The second kappa shape index (κ2) is 14.0.